The highest BCUT2D eigenvalue weighted by atomic mass is 16.6. The Morgan fingerprint density at radius 2 is 1.86 bits per heavy atom. The van der Waals surface area contributed by atoms with Gasteiger partial charge < -0.3 is 9.84 Å². The summed E-state index contributed by atoms with van der Waals surface area (Å²) in [6.07, 6.45) is -1.34. The average molecular weight is 201 g/mol. The van der Waals surface area contributed by atoms with Gasteiger partial charge in [-0.15, -0.1) is 0 Å². The van der Waals surface area contributed by atoms with Gasteiger partial charge >= 0.3 is 17.1 Å². The Kier molecular flexibility index (Phi) is 1.86. The Balaban J connectivity index is 2.50. The van der Waals surface area contributed by atoms with Crippen LogP contribution in [0.1, 0.15) is 6.23 Å². The molecule has 0 aromatic carbocycles. The van der Waals surface area contributed by atoms with Crippen LogP contribution in [-0.2, 0) is 4.74 Å². The van der Waals surface area contributed by atoms with Crippen molar-refractivity contribution in [3.8, 4) is 0 Å². The first-order valence-electron chi connectivity index (χ1n) is 3.85. The molecule has 1 saturated heterocycles. The van der Waals surface area contributed by atoms with Gasteiger partial charge in [0.15, 0.2) is 6.23 Å². The van der Waals surface area contributed by atoms with Gasteiger partial charge in [0.2, 0.25) is 0 Å². The van der Waals surface area contributed by atoms with Crippen LogP contribution in [0.5, 0.6) is 0 Å². The molecule has 1 aromatic heterocycles. The van der Waals surface area contributed by atoms with Gasteiger partial charge in [-0.05, 0) is 0 Å². The molecule has 0 aliphatic carbocycles. The molecule has 2 atom stereocenters. The number of nitrogens with zero attached hydrogens (tertiary/aromatic N) is 1. The minimum atomic E-state index is -0.863. The number of epoxide rings is 1. The fraction of sp³-hybridized carbons (Fsp3) is 0.500. The summed E-state index contributed by atoms with van der Waals surface area (Å²) in [5, 5.41) is 8.65. The summed E-state index contributed by atoms with van der Waals surface area (Å²) < 4.78 is 5.54. The minimum absolute atomic E-state index is 0.282. The van der Waals surface area contributed by atoms with Crippen molar-refractivity contribution in [3.63, 3.8) is 0 Å². The summed E-state index contributed by atoms with van der Waals surface area (Å²) in [7, 11) is 0. The number of nitrogens with one attached hydrogen (secondary N) is 2. The summed E-state index contributed by atoms with van der Waals surface area (Å²) in [5.74, 6) is 0. The summed E-state index contributed by atoms with van der Waals surface area (Å²) in [6.45, 7) is -0.282. The lowest BCUT2D eigenvalue weighted by molar-refractivity contribution is 0.238. The van der Waals surface area contributed by atoms with E-state index in [1.54, 1.807) is 0 Å². The molecule has 1 aromatic rings. The van der Waals surface area contributed by atoms with E-state index < -0.39 is 29.4 Å². The summed E-state index contributed by atoms with van der Waals surface area (Å²) in [6, 6.07) is 0. The predicted octanol–water partition coefficient (Wildman–Crippen LogP) is -2.89. The van der Waals surface area contributed by atoms with Gasteiger partial charge in [-0.2, -0.15) is 0 Å². The molecule has 1 aliphatic rings. The Hall–Kier alpha value is -1.67. The number of hydrogen-bond acceptors (Lipinski definition) is 5. The van der Waals surface area contributed by atoms with E-state index in [2.05, 4.69) is 0 Å². The molecule has 8 heteroatoms. The second-order valence-corrected chi connectivity index (χ2v) is 2.81. The van der Waals surface area contributed by atoms with Crippen LogP contribution in [-0.4, -0.2) is 32.4 Å². The highest BCUT2D eigenvalue weighted by Gasteiger charge is 2.42. The number of aliphatic hydroxyl groups excluding tert-OH is 1. The molecule has 2 heterocycles. The first kappa shape index (κ1) is 8.91. The van der Waals surface area contributed by atoms with Gasteiger partial charge in [0.25, 0.3) is 0 Å². The highest BCUT2D eigenvalue weighted by Crippen LogP contribution is 2.29. The van der Waals surface area contributed by atoms with Crippen LogP contribution >= 0.6 is 0 Å². The van der Waals surface area contributed by atoms with Gasteiger partial charge in [0.05, 0.1) is 6.61 Å². The van der Waals surface area contributed by atoms with Crippen LogP contribution in [0.3, 0.4) is 0 Å². The maximum Gasteiger partial charge on any atom is 0.335 e. The number of aromatic amines is 2. The lowest BCUT2D eigenvalue weighted by Crippen LogP contribution is -2.43. The van der Waals surface area contributed by atoms with Crippen LogP contribution < -0.4 is 17.1 Å². The predicted molar refractivity (Wildman–Crippen MR) is 42.9 cm³/mol. The Labute approximate surface area is 75.8 Å². The quantitative estimate of drug-likeness (QED) is 0.443. The van der Waals surface area contributed by atoms with Crippen molar-refractivity contribution in [2.45, 2.75) is 12.3 Å². The second-order valence-electron chi connectivity index (χ2n) is 2.81. The van der Waals surface area contributed by atoms with Crippen LogP contribution in [0.4, 0.5) is 0 Å². The van der Waals surface area contributed by atoms with Gasteiger partial charge in [-0.25, -0.2) is 19.0 Å². The van der Waals surface area contributed by atoms with Crippen LogP contribution in [0.2, 0.25) is 0 Å². The highest BCUT2D eigenvalue weighted by molar-refractivity contribution is 4.85. The zero-order chi connectivity index (χ0) is 10.3. The maximum atomic E-state index is 11.1. The monoisotopic (exact) mass is 201 g/mol. The van der Waals surface area contributed by atoms with Gasteiger partial charge in [-0.1, -0.05) is 0 Å². The van der Waals surface area contributed by atoms with Crippen molar-refractivity contribution in [3.05, 3.63) is 31.5 Å². The van der Waals surface area contributed by atoms with Crippen molar-refractivity contribution in [1.29, 1.82) is 0 Å². The Bertz CT molecular complexity index is 477. The number of hydrogen-bond donors (Lipinski definition) is 3. The fourth-order valence-electron chi connectivity index (χ4n) is 1.16. The lowest BCUT2D eigenvalue weighted by Gasteiger charge is -1.96. The third-order valence-corrected chi connectivity index (χ3v) is 1.87. The summed E-state index contributed by atoms with van der Waals surface area (Å²) in [4.78, 5) is 36.7. The van der Waals surface area contributed by atoms with Crippen molar-refractivity contribution in [2.75, 3.05) is 6.61 Å². The van der Waals surface area contributed by atoms with Gasteiger partial charge in [-0.3, -0.25) is 9.97 Å². The molecule has 1 fully saturated rings. The molecule has 14 heavy (non-hydrogen) atoms. The maximum absolute atomic E-state index is 11.1. The molecular weight excluding hydrogens is 194 g/mol. The molecular formula is C6H7N3O5. The molecule has 0 amide bonds. The zero-order valence-electron chi connectivity index (χ0n) is 6.89. The average Bonchev–Trinajstić information content (AvgIpc) is 2.81. The largest absolute Gasteiger partial charge is 0.393 e. The first-order chi connectivity index (χ1) is 6.63. The van der Waals surface area contributed by atoms with E-state index in [4.69, 9.17) is 9.84 Å². The third kappa shape index (κ3) is 1.30. The third-order valence-electron chi connectivity index (χ3n) is 1.87. The van der Waals surface area contributed by atoms with Crippen LogP contribution in [0.25, 0.3) is 0 Å². The molecule has 3 N–H and O–H groups in total. The second kappa shape index (κ2) is 2.93. The lowest BCUT2D eigenvalue weighted by atomic mass is 10.4. The number of ether oxygens (including phenoxy) is 1. The van der Waals surface area contributed by atoms with Gasteiger partial charge in [0, 0.05) is 0 Å². The molecule has 2 unspecified atom stereocenters. The molecule has 0 radical (unpaired) electrons. The minimum Gasteiger partial charge on any atom is -0.393 e. The molecule has 1 aliphatic heterocycles. The molecule has 0 spiro atoms. The van der Waals surface area contributed by atoms with E-state index in [0.717, 1.165) is 0 Å². The molecule has 2 rings (SSSR count). The van der Waals surface area contributed by atoms with Crippen molar-refractivity contribution < 1.29 is 9.84 Å². The number of aromatic nitrogens is 3. The van der Waals surface area contributed by atoms with E-state index in [9.17, 15) is 14.4 Å². The zero-order valence-corrected chi connectivity index (χ0v) is 6.89. The van der Waals surface area contributed by atoms with E-state index >= 15 is 0 Å². The van der Waals surface area contributed by atoms with Gasteiger partial charge in [0.1, 0.15) is 6.10 Å². The molecule has 8 nitrogen and oxygen atoms in total. The topological polar surface area (TPSA) is 120 Å². The number of rotatable bonds is 2. The molecule has 0 saturated carbocycles. The SMILES string of the molecule is O=c1[nH]c(=O)n(C2OC2CO)c(=O)[nH]1. The summed E-state index contributed by atoms with van der Waals surface area (Å²) >= 11 is 0. The fourth-order valence-corrected chi connectivity index (χ4v) is 1.16. The molecule has 76 valence electrons. The van der Waals surface area contributed by atoms with E-state index in [0.29, 0.717) is 4.57 Å². The van der Waals surface area contributed by atoms with E-state index in [1.165, 1.54) is 0 Å². The van der Waals surface area contributed by atoms with Crippen molar-refractivity contribution >= 4 is 0 Å². The number of H-pyrrole nitrogens is 2. The van der Waals surface area contributed by atoms with Crippen molar-refractivity contribution in [1.82, 2.24) is 14.5 Å². The van der Waals surface area contributed by atoms with E-state index in [-0.39, 0.29) is 6.61 Å². The smallest absolute Gasteiger partial charge is 0.335 e. The molecule has 0 bridgehead atoms. The van der Waals surface area contributed by atoms with Crippen LogP contribution in [0.15, 0.2) is 14.4 Å². The Morgan fingerprint density at radius 1 is 1.29 bits per heavy atom. The summed E-state index contributed by atoms with van der Waals surface area (Å²) in [5.41, 5.74) is -2.56. The Morgan fingerprint density at radius 3 is 2.29 bits per heavy atom. The number of aliphatic hydroxyl groups is 1. The normalized spacial score (nSPS) is 24.9. The first-order valence-corrected chi connectivity index (χ1v) is 3.85. The van der Waals surface area contributed by atoms with Crippen molar-refractivity contribution in [2.24, 2.45) is 0 Å². The van der Waals surface area contributed by atoms with E-state index in [1.807, 2.05) is 9.97 Å². The standard InChI is InChI=1S/C6H7N3O5/c10-1-2-3(14-2)9-5(12)7-4(11)8-6(9)13/h2-3,10H,1H2,(H2,7,8,11,12,13). The van der Waals surface area contributed by atoms with Crippen LogP contribution in [0, 0.1) is 0 Å².